The number of benzene rings is 1. The van der Waals surface area contributed by atoms with Crippen LogP contribution in [0.2, 0.25) is 0 Å². The lowest BCUT2D eigenvalue weighted by Crippen LogP contribution is -2.41. The highest BCUT2D eigenvalue weighted by molar-refractivity contribution is 5.80. The molecule has 1 saturated carbocycles. The molecule has 7 nitrogen and oxygen atoms in total. The van der Waals surface area contributed by atoms with Crippen LogP contribution in [-0.4, -0.2) is 34.3 Å². The van der Waals surface area contributed by atoms with Crippen molar-refractivity contribution in [2.75, 3.05) is 0 Å². The topological polar surface area (TPSA) is 113 Å². The van der Waals surface area contributed by atoms with Crippen molar-refractivity contribution in [2.45, 2.75) is 25.5 Å². The molecule has 3 N–H and O–H groups in total. The van der Waals surface area contributed by atoms with Gasteiger partial charge in [-0.3, -0.25) is 4.79 Å². The molecule has 1 aliphatic rings. The largest absolute Gasteiger partial charge is 0.481 e. The van der Waals surface area contributed by atoms with Gasteiger partial charge < -0.3 is 20.3 Å². The third-order valence-electron chi connectivity index (χ3n) is 3.58. The Balaban J connectivity index is 1.79. The van der Waals surface area contributed by atoms with E-state index >= 15 is 0 Å². The fraction of sp³-hybridized carbons (Fsp3) is 0.400. The fourth-order valence-electron chi connectivity index (χ4n) is 2.24. The monoisotopic (exact) mass is 307 g/mol. The van der Waals surface area contributed by atoms with E-state index in [4.69, 9.17) is 14.9 Å². The predicted molar refractivity (Wildman–Crippen MR) is 75.0 cm³/mol. The van der Waals surface area contributed by atoms with Crippen molar-refractivity contribution in [2.24, 2.45) is 11.8 Å². The van der Waals surface area contributed by atoms with Crippen LogP contribution in [0.25, 0.3) is 0 Å². The molecule has 1 aromatic rings. The van der Waals surface area contributed by atoms with E-state index in [1.165, 1.54) is 0 Å². The molecule has 7 heteroatoms. The molecular weight excluding hydrogens is 290 g/mol. The Morgan fingerprint density at radius 2 is 1.91 bits per heavy atom. The van der Waals surface area contributed by atoms with Gasteiger partial charge in [0.15, 0.2) is 0 Å². The van der Waals surface area contributed by atoms with Crippen molar-refractivity contribution in [3.05, 3.63) is 35.9 Å². The normalized spacial score (nSPS) is 20.7. The van der Waals surface area contributed by atoms with E-state index in [0.29, 0.717) is 6.42 Å². The molecule has 0 aromatic heterocycles. The molecule has 1 aromatic carbocycles. The van der Waals surface area contributed by atoms with Gasteiger partial charge in [-0.15, -0.1) is 0 Å². The van der Waals surface area contributed by atoms with Gasteiger partial charge in [0.25, 0.3) is 0 Å². The molecule has 3 atom stereocenters. The molecule has 0 heterocycles. The summed E-state index contributed by atoms with van der Waals surface area (Å²) in [6.45, 7) is 0.0419. The second-order valence-electron chi connectivity index (χ2n) is 5.27. The van der Waals surface area contributed by atoms with Gasteiger partial charge in [-0.2, -0.15) is 0 Å². The van der Waals surface area contributed by atoms with Crippen LogP contribution in [0.15, 0.2) is 30.3 Å². The summed E-state index contributed by atoms with van der Waals surface area (Å²) in [5.41, 5.74) is 0.789. The Kier molecular flexibility index (Phi) is 4.98. The Labute approximate surface area is 126 Å². The van der Waals surface area contributed by atoms with Crippen LogP contribution in [-0.2, 0) is 20.9 Å². The minimum Gasteiger partial charge on any atom is -0.481 e. The Morgan fingerprint density at radius 3 is 2.45 bits per heavy atom. The summed E-state index contributed by atoms with van der Waals surface area (Å²) in [6, 6.07) is 7.86. The smallest absolute Gasteiger partial charge is 0.408 e. The molecule has 0 bridgehead atoms. The lowest BCUT2D eigenvalue weighted by atomic mass is 10.1. The maximum atomic E-state index is 11.6. The van der Waals surface area contributed by atoms with E-state index in [1.807, 2.05) is 6.07 Å². The quantitative estimate of drug-likeness (QED) is 0.703. The van der Waals surface area contributed by atoms with E-state index in [-0.39, 0.29) is 18.9 Å². The van der Waals surface area contributed by atoms with Crippen LogP contribution < -0.4 is 5.32 Å². The molecule has 22 heavy (non-hydrogen) atoms. The first-order valence-electron chi connectivity index (χ1n) is 6.90. The van der Waals surface area contributed by atoms with Gasteiger partial charge in [0.05, 0.1) is 5.92 Å². The van der Waals surface area contributed by atoms with E-state index < -0.39 is 30.0 Å². The number of carbonyl (C=O) groups excluding carboxylic acids is 1. The van der Waals surface area contributed by atoms with Crippen LogP contribution >= 0.6 is 0 Å². The van der Waals surface area contributed by atoms with Crippen molar-refractivity contribution >= 4 is 18.0 Å². The summed E-state index contributed by atoms with van der Waals surface area (Å²) in [4.78, 5) is 33.5. The van der Waals surface area contributed by atoms with Gasteiger partial charge in [0, 0.05) is 0 Å². The summed E-state index contributed by atoms with van der Waals surface area (Å²) >= 11 is 0. The summed E-state index contributed by atoms with van der Waals surface area (Å²) < 4.78 is 4.96. The second-order valence-corrected chi connectivity index (χ2v) is 5.27. The predicted octanol–water partition coefficient (Wildman–Crippen LogP) is 1.48. The molecular formula is C15H17NO6. The summed E-state index contributed by atoms with van der Waals surface area (Å²) in [5.74, 6) is -2.86. The van der Waals surface area contributed by atoms with Gasteiger partial charge in [-0.05, 0) is 24.3 Å². The summed E-state index contributed by atoms with van der Waals surface area (Å²) in [5, 5.41) is 20.2. The van der Waals surface area contributed by atoms with Crippen molar-refractivity contribution in [3.8, 4) is 0 Å². The van der Waals surface area contributed by atoms with Crippen molar-refractivity contribution in [3.63, 3.8) is 0 Å². The summed E-state index contributed by atoms with van der Waals surface area (Å²) in [7, 11) is 0. The molecule has 1 unspecified atom stereocenters. The van der Waals surface area contributed by atoms with Crippen LogP contribution in [0, 0.1) is 11.8 Å². The first kappa shape index (κ1) is 15.8. The Hall–Kier alpha value is -2.57. The van der Waals surface area contributed by atoms with E-state index in [9.17, 15) is 14.4 Å². The average molecular weight is 307 g/mol. The molecule has 0 aliphatic heterocycles. The number of ether oxygens (including phenoxy) is 1. The number of nitrogens with one attached hydrogen (secondary N) is 1. The Bertz CT molecular complexity index is 558. The highest BCUT2D eigenvalue weighted by atomic mass is 16.5. The fourth-order valence-corrected chi connectivity index (χ4v) is 2.24. The second kappa shape index (κ2) is 6.93. The first-order chi connectivity index (χ1) is 10.5. The highest BCUT2D eigenvalue weighted by Crippen LogP contribution is 2.42. The molecule has 0 radical (unpaired) electrons. The number of carbonyl (C=O) groups is 3. The zero-order valence-electron chi connectivity index (χ0n) is 11.8. The van der Waals surface area contributed by atoms with E-state index in [1.54, 1.807) is 24.3 Å². The van der Waals surface area contributed by atoms with E-state index in [0.717, 1.165) is 5.56 Å². The first-order valence-corrected chi connectivity index (χ1v) is 6.90. The molecule has 0 spiro atoms. The average Bonchev–Trinajstić information content (AvgIpc) is 3.25. The third kappa shape index (κ3) is 4.47. The van der Waals surface area contributed by atoms with Crippen LogP contribution in [0.4, 0.5) is 4.79 Å². The molecule has 1 fully saturated rings. The van der Waals surface area contributed by atoms with E-state index in [2.05, 4.69) is 5.32 Å². The molecule has 2 rings (SSSR count). The van der Waals surface area contributed by atoms with Gasteiger partial charge in [-0.25, -0.2) is 9.59 Å². The highest BCUT2D eigenvalue weighted by Gasteiger charge is 2.45. The van der Waals surface area contributed by atoms with Crippen molar-refractivity contribution in [1.82, 2.24) is 5.32 Å². The number of hydrogen-bond donors (Lipinski definition) is 3. The Morgan fingerprint density at radius 1 is 1.23 bits per heavy atom. The van der Waals surface area contributed by atoms with Crippen molar-refractivity contribution in [1.29, 1.82) is 0 Å². The van der Waals surface area contributed by atoms with Gasteiger partial charge in [0.1, 0.15) is 12.6 Å². The SMILES string of the molecule is O=C(NC(C[C@@H]1C[C@H]1C(=O)O)C(=O)O)OCc1ccccc1. The molecule has 1 amide bonds. The molecule has 1 aliphatic carbocycles. The maximum absolute atomic E-state index is 11.6. The number of aliphatic carboxylic acids is 2. The van der Waals surface area contributed by atoms with Crippen molar-refractivity contribution < 1.29 is 29.3 Å². The minimum absolute atomic E-state index is 0.0419. The summed E-state index contributed by atoms with van der Waals surface area (Å²) in [6.07, 6.45) is -0.296. The van der Waals surface area contributed by atoms with Crippen LogP contribution in [0.1, 0.15) is 18.4 Å². The number of rotatable bonds is 7. The number of carboxylic acid groups (broad SMARTS) is 2. The zero-order chi connectivity index (χ0) is 16.1. The number of hydrogen-bond acceptors (Lipinski definition) is 4. The van der Waals surface area contributed by atoms with Gasteiger partial charge in [0.2, 0.25) is 0 Å². The molecule has 0 saturated heterocycles. The standard InChI is InChI=1S/C15H17NO6/c17-13(18)11-6-10(11)7-12(14(19)20)16-15(21)22-8-9-4-2-1-3-5-9/h1-5,10-12H,6-8H2,(H,16,21)(H,17,18)(H,19,20)/t10-,11+,12?/m0/s1. The van der Waals surface area contributed by atoms with Gasteiger partial charge in [-0.1, -0.05) is 30.3 Å². The lowest BCUT2D eigenvalue weighted by molar-refractivity contribution is -0.141. The lowest BCUT2D eigenvalue weighted by Gasteiger charge is -2.14. The maximum Gasteiger partial charge on any atom is 0.408 e. The zero-order valence-corrected chi connectivity index (χ0v) is 11.8. The number of carboxylic acids is 2. The van der Waals surface area contributed by atoms with Gasteiger partial charge >= 0.3 is 18.0 Å². The van der Waals surface area contributed by atoms with Crippen LogP contribution in [0.3, 0.4) is 0 Å². The molecule has 118 valence electrons. The van der Waals surface area contributed by atoms with Crippen LogP contribution in [0.5, 0.6) is 0 Å². The third-order valence-corrected chi connectivity index (χ3v) is 3.58. The number of amides is 1. The number of alkyl carbamates (subject to hydrolysis) is 1. The minimum atomic E-state index is -1.20.